The Morgan fingerprint density at radius 1 is 1.11 bits per heavy atom. The topological polar surface area (TPSA) is 41.8 Å². The Morgan fingerprint density at radius 3 is 2.67 bits per heavy atom. The summed E-state index contributed by atoms with van der Waals surface area (Å²) < 4.78 is 0. The quantitative estimate of drug-likeness (QED) is 0.840. The summed E-state index contributed by atoms with van der Waals surface area (Å²) in [6.45, 7) is 0. The number of halogens is 1. The Labute approximate surface area is 114 Å². The highest BCUT2D eigenvalue weighted by Crippen LogP contribution is 2.35. The first kappa shape index (κ1) is 13.4. The molecule has 1 heterocycles. The first-order valence-electron chi connectivity index (χ1n) is 6.68. The number of rotatable bonds is 2. The van der Waals surface area contributed by atoms with Crippen molar-refractivity contribution in [3.05, 3.63) is 36.0 Å². The van der Waals surface area contributed by atoms with Gasteiger partial charge in [-0.2, -0.15) is 0 Å². The molecule has 3 heteroatoms. The van der Waals surface area contributed by atoms with Crippen molar-refractivity contribution in [3.63, 3.8) is 0 Å². The van der Waals surface area contributed by atoms with Crippen molar-refractivity contribution < 1.29 is 0 Å². The van der Waals surface area contributed by atoms with E-state index < -0.39 is 0 Å². The maximum absolute atomic E-state index is 6.48. The molecule has 3 rings (SSSR count). The molecule has 0 spiro atoms. The molecule has 2 nitrogen and oxygen atoms in total. The van der Waals surface area contributed by atoms with E-state index in [0.717, 1.165) is 0 Å². The van der Waals surface area contributed by atoms with Crippen LogP contribution in [0.15, 0.2) is 30.5 Å². The van der Waals surface area contributed by atoms with Crippen LogP contribution in [0.5, 0.6) is 0 Å². The molecule has 0 radical (unpaired) electrons. The van der Waals surface area contributed by atoms with Gasteiger partial charge in [0.2, 0.25) is 0 Å². The lowest BCUT2D eigenvalue weighted by Gasteiger charge is -2.28. The Morgan fingerprint density at radius 2 is 1.89 bits per heavy atom. The molecule has 1 aromatic heterocycles. The highest BCUT2D eigenvalue weighted by Gasteiger charge is 2.23. The summed E-state index contributed by atoms with van der Waals surface area (Å²) in [6.07, 6.45) is 8.67. The molecule has 3 N–H and O–H groups in total. The predicted molar refractivity (Wildman–Crippen MR) is 79.1 cm³/mol. The maximum atomic E-state index is 6.48. The third-order valence-corrected chi connectivity index (χ3v) is 4.15. The molecule has 0 aliphatic heterocycles. The van der Waals surface area contributed by atoms with Crippen LogP contribution in [0.4, 0.5) is 0 Å². The number of hydrogen-bond donors (Lipinski definition) is 2. The van der Waals surface area contributed by atoms with Gasteiger partial charge in [-0.25, -0.2) is 0 Å². The monoisotopic (exact) mass is 264 g/mol. The van der Waals surface area contributed by atoms with Gasteiger partial charge in [0.05, 0.1) is 0 Å². The van der Waals surface area contributed by atoms with Gasteiger partial charge < -0.3 is 10.7 Å². The van der Waals surface area contributed by atoms with Crippen molar-refractivity contribution in [1.29, 1.82) is 0 Å². The molecule has 1 aliphatic carbocycles. The van der Waals surface area contributed by atoms with Crippen LogP contribution in [0.2, 0.25) is 0 Å². The zero-order valence-electron chi connectivity index (χ0n) is 10.6. The molecule has 1 saturated carbocycles. The van der Waals surface area contributed by atoms with Crippen molar-refractivity contribution >= 4 is 23.3 Å². The fourth-order valence-electron chi connectivity index (χ4n) is 3.15. The van der Waals surface area contributed by atoms with E-state index in [1.807, 2.05) is 6.20 Å². The zero-order valence-corrected chi connectivity index (χ0v) is 11.4. The van der Waals surface area contributed by atoms with E-state index in [2.05, 4.69) is 29.2 Å². The van der Waals surface area contributed by atoms with Gasteiger partial charge in [0, 0.05) is 23.1 Å². The van der Waals surface area contributed by atoms with E-state index in [9.17, 15) is 0 Å². The average molecular weight is 265 g/mol. The molecule has 18 heavy (non-hydrogen) atoms. The number of aromatic amines is 1. The first-order valence-corrected chi connectivity index (χ1v) is 6.68. The minimum Gasteiger partial charge on any atom is -0.361 e. The minimum atomic E-state index is 0. The van der Waals surface area contributed by atoms with Gasteiger partial charge in [0.25, 0.3) is 0 Å². The van der Waals surface area contributed by atoms with Crippen LogP contribution in [0.25, 0.3) is 10.9 Å². The molecule has 0 saturated heterocycles. The van der Waals surface area contributed by atoms with Crippen molar-refractivity contribution in [2.24, 2.45) is 11.7 Å². The standard InChI is InChI=1S/C15H20N2.ClH/c16-15(11-5-2-1-3-6-11)13-7-4-8-14-12(13)9-10-17-14;/h4,7-11,15,17H,1-3,5-6,16H2;1H/t15-;/m1./s1. The highest BCUT2D eigenvalue weighted by molar-refractivity contribution is 5.85. The lowest BCUT2D eigenvalue weighted by atomic mass is 9.81. The van der Waals surface area contributed by atoms with Crippen LogP contribution in [0.1, 0.15) is 43.7 Å². The number of hydrogen-bond acceptors (Lipinski definition) is 1. The summed E-state index contributed by atoms with van der Waals surface area (Å²) in [5, 5.41) is 1.30. The van der Waals surface area contributed by atoms with Crippen LogP contribution < -0.4 is 5.73 Å². The van der Waals surface area contributed by atoms with Crippen LogP contribution in [-0.4, -0.2) is 4.98 Å². The third kappa shape index (κ3) is 2.40. The lowest BCUT2D eigenvalue weighted by Crippen LogP contribution is -2.23. The van der Waals surface area contributed by atoms with Gasteiger partial charge in [-0.3, -0.25) is 0 Å². The molecule has 1 aromatic carbocycles. The Hall–Kier alpha value is -0.990. The molecule has 98 valence electrons. The van der Waals surface area contributed by atoms with Crippen molar-refractivity contribution in [2.75, 3.05) is 0 Å². The van der Waals surface area contributed by atoms with Crippen LogP contribution in [0, 0.1) is 5.92 Å². The zero-order chi connectivity index (χ0) is 11.7. The van der Waals surface area contributed by atoms with Gasteiger partial charge in [0.1, 0.15) is 0 Å². The molecular formula is C15H21ClN2. The Bertz CT molecular complexity index is 500. The summed E-state index contributed by atoms with van der Waals surface area (Å²) in [6, 6.07) is 8.77. The normalized spacial score (nSPS) is 18.5. The number of nitrogens with two attached hydrogens (primary N) is 1. The van der Waals surface area contributed by atoms with E-state index in [4.69, 9.17) is 5.73 Å². The Balaban J connectivity index is 0.00000120. The molecule has 0 bridgehead atoms. The predicted octanol–water partition coefficient (Wildman–Crippen LogP) is 4.17. The number of nitrogens with one attached hydrogen (secondary N) is 1. The first-order chi connectivity index (χ1) is 8.36. The fraction of sp³-hybridized carbons (Fsp3) is 0.467. The van der Waals surface area contributed by atoms with Gasteiger partial charge in [-0.15, -0.1) is 12.4 Å². The van der Waals surface area contributed by atoms with Crippen LogP contribution in [-0.2, 0) is 0 Å². The summed E-state index contributed by atoms with van der Waals surface area (Å²) in [7, 11) is 0. The van der Waals surface area contributed by atoms with E-state index in [1.54, 1.807) is 0 Å². The Kier molecular flexibility index (Phi) is 4.31. The third-order valence-electron chi connectivity index (χ3n) is 4.15. The van der Waals surface area contributed by atoms with Crippen molar-refractivity contribution in [3.8, 4) is 0 Å². The largest absolute Gasteiger partial charge is 0.361 e. The van der Waals surface area contributed by atoms with Gasteiger partial charge in [-0.05, 0) is 36.5 Å². The molecule has 1 aliphatic rings. The number of fused-ring (bicyclic) bond motifs is 1. The summed E-state index contributed by atoms with van der Waals surface area (Å²) in [5.74, 6) is 0.671. The molecule has 0 unspecified atom stereocenters. The summed E-state index contributed by atoms with van der Waals surface area (Å²) >= 11 is 0. The summed E-state index contributed by atoms with van der Waals surface area (Å²) in [4.78, 5) is 3.26. The second-order valence-corrected chi connectivity index (χ2v) is 5.21. The second kappa shape index (κ2) is 5.77. The van der Waals surface area contributed by atoms with Crippen molar-refractivity contribution in [2.45, 2.75) is 38.1 Å². The number of H-pyrrole nitrogens is 1. The van der Waals surface area contributed by atoms with Crippen LogP contribution in [0.3, 0.4) is 0 Å². The van der Waals surface area contributed by atoms with Gasteiger partial charge in [0.15, 0.2) is 0 Å². The SMILES string of the molecule is Cl.N[C@@H](c1cccc2[nH]ccc12)C1CCCCC1. The minimum absolute atomic E-state index is 0. The van der Waals surface area contributed by atoms with E-state index in [1.165, 1.54) is 48.6 Å². The van der Waals surface area contributed by atoms with Crippen molar-refractivity contribution in [1.82, 2.24) is 4.98 Å². The van der Waals surface area contributed by atoms with Gasteiger partial charge in [-0.1, -0.05) is 31.4 Å². The molecule has 0 amide bonds. The highest BCUT2D eigenvalue weighted by atomic mass is 35.5. The number of benzene rings is 1. The molecule has 2 aromatic rings. The van der Waals surface area contributed by atoms with E-state index >= 15 is 0 Å². The van der Waals surface area contributed by atoms with Crippen LogP contribution >= 0.6 is 12.4 Å². The average Bonchev–Trinajstić information content (AvgIpc) is 2.87. The molecule has 1 atom stereocenters. The lowest BCUT2D eigenvalue weighted by molar-refractivity contribution is 0.309. The smallest absolute Gasteiger partial charge is 0.0457 e. The fourth-order valence-corrected chi connectivity index (χ4v) is 3.15. The van der Waals surface area contributed by atoms with Gasteiger partial charge >= 0.3 is 0 Å². The number of aromatic nitrogens is 1. The molecule has 1 fully saturated rings. The summed E-state index contributed by atoms with van der Waals surface area (Å²) in [5.41, 5.74) is 9.00. The molecular weight excluding hydrogens is 244 g/mol. The van der Waals surface area contributed by atoms with E-state index in [-0.39, 0.29) is 18.4 Å². The maximum Gasteiger partial charge on any atom is 0.0457 e. The van der Waals surface area contributed by atoms with E-state index in [0.29, 0.717) is 5.92 Å². The second-order valence-electron chi connectivity index (χ2n) is 5.21.